The predicted octanol–water partition coefficient (Wildman–Crippen LogP) is 2.42. The molecule has 0 atom stereocenters. The van der Waals surface area contributed by atoms with Gasteiger partial charge in [-0.1, -0.05) is 0 Å². The van der Waals surface area contributed by atoms with Crippen molar-refractivity contribution in [2.45, 2.75) is 38.6 Å². The van der Waals surface area contributed by atoms with E-state index in [2.05, 4.69) is 20.1 Å². The normalized spacial score (nSPS) is 15.7. The third kappa shape index (κ3) is 2.27. The minimum atomic E-state index is 0.582. The minimum Gasteiger partial charge on any atom is -0.350 e. The van der Waals surface area contributed by atoms with Crippen molar-refractivity contribution < 1.29 is 0 Å². The Hall–Kier alpha value is -1.36. The Morgan fingerprint density at radius 3 is 2.95 bits per heavy atom. The number of fused-ring (bicyclic) bond motifs is 1. The highest BCUT2D eigenvalue weighted by Gasteiger charge is 2.27. The largest absolute Gasteiger partial charge is 0.350 e. The van der Waals surface area contributed by atoms with Crippen LogP contribution < -0.4 is 4.90 Å². The summed E-state index contributed by atoms with van der Waals surface area (Å²) >= 11 is 5.84. The molecule has 2 heterocycles. The van der Waals surface area contributed by atoms with Crippen molar-refractivity contribution in [1.29, 1.82) is 0 Å². The molecule has 0 aliphatic heterocycles. The zero-order valence-corrected chi connectivity index (χ0v) is 11.8. The summed E-state index contributed by atoms with van der Waals surface area (Å²) < 4.78 is 1.99. The van der Waals surface area contributed by atoms with E-state index in [1.54, 1.807) is 0 Å². The van der Waals surface area contributed by atoms with E-state index >= 15 is 0 Å². The number of aromatic nitrogens is 4. The van der Waals surface area contributed by atoms with E-state index in [9.17, 15) is 0 Å². The number of alkyl halides is 1. The molecule has 3 rings (SSSR count). The van der Waals surface area contributed by atoms with Gasteiger partial charge in [0.1, 0.15) is 5.82 Å². The summed E-state index contributed by atoms with van der Waals surface area (Å²) in [5.41, 5.74) is 0.849. The molecule has 5 nitrogen and oxygen atoms in total. The first-order valence-corrected chi connectivity index (χ1v) is 7.33. The molecule has 1 aliphatic rings. The van der Waals surface area contributed by atoms with E-state index < -0.39 is 0 Å². The van der Waals surface area contributed by atoms with Crippen molar-refractivity contribution in [2.24, 2.45) is 0 Å². The van der Waals surface area contributed by atoms with Crippen molar-refractivity contribution in [3.05, 3.63) is 18.2 Å². The van der Waals surface area contributed by atoms with Crippen LogP contribution in [0, 0.1) is 6.92 Å². The second kappa shape index (κ2) is 5.33. The quantitative estimate of drug-likeness (QED) is 0.789. The van der Waals surface area contributed by atoms with Gasteiger partial charge in [0.15, 0.2) is 5.82 Å². The third-order valence-electron chi connectivity index (χ3n) is 3.80. The molecule has 19 heavy (non-hydrogen) atoms. The van der Waals surface area contributed by atoms with Crippen LogP contribution >= 0.6 is 11.6 Å². The lowest BCUT2D eigenvalue weighted by Crippen LogP contribution is -2.41. The molecule has 0 N–H and O–H groups in total. The van der Waals surface area contributed by atoms with E-state index in [0.717, 1.165) is 30.3 Å². The molecule has 2 aromatic heterocycles. The van der Waals surface area contributed by atoms with E-state index in [0.29, 0.717) is 11.9 Å². The smallest absolute Gasteiger partial charge is 0.203 e. The summed E-state index contributed by atoms with van der Waals surface area (Å²) in [6.07, 6.45) is 8.47. The number of hydrogen-bond donors (Lipinski definition) is 0. The maximum Gasteiger partial charge on any atom is 0.203 e. The molecule has 0 saturated heterocycles. The Morgan fingerprint density at radius 1 is 1.42 bits per heavy atom. The standard InChI is InChI=1S/C13H18ClN5/c1-10-16-17-13-12(15-7-9-18(10)13)19(8-3-6-14)11-4-2-5-11/h7,9,11H,2-6,8H2,1H3. The Bertz CT molecular complexity index is 563. The van der Waals surface area contributed by atoms with Crippen molar-refractivity contribution in [3.8, 4) is 0 Å². The second-order valence-electron chi connectivity index (χ2n) is 5.01. The van der Waals surface area contributed by atoms with E-state index in [1.807, 2.05) is 23.7 Å². The summed E-state index contributed by atoms with van der Waals surface area (Å²) in [4.78, 5) is 6.89. The molecular weight excluding hydrogens is 262 g/mol. The van der Waals surface area contributed by atoms with Crippen molar-refractivity contribution in [3.63, 3.8) is 0 Å². The molecule has 6 heteroatoms. The molecule has 1 aliphatic carbocycles. The van der Waals surface area contributed by atoms with Crippen LogP contribution in [-0.2, 0) is 0 Å². The fourth-order valence-electron chi connectivity index (χ4n) is 2.52. The molecule has 0 spiro atoms. The van der Waals surface area contributed by atoms with Crippen LogP contribution in [0.5, 0.6) is 0 Å². The molecule has 102 valence electrons. The monoisotopic (exact) mass is 279 g/mol. The van der Waals surface area contributed by atoms with Gasteiger partial charge in [-0.05, 0) is 32.6 Å². The number of anilines is 1. The first-order chi connectivity index (χ1) is 9.31. The van der Waals surface area contributed by atoms with E-state index in [-0.39, 0.29) is 0 Å². The Morgan fingerprint density at radius 2 is 2.26 bits per heavy atom. The maximum absolute atomic E-state index is 5.84. The van der Waals surface area contributed by atoms with Crippen LogP contribution in [0.3, 0.4) is 0 Å². The maximum atomic E-state index is 5.84. The number of hydrogen-bond acceptors (Lipinski definition) is 4. The molecule has 0 bridgehead atoms. The van der Waals surface area contributed by atoms with Crippen LogP contribution in [0.15, 0.2) is 12.4 Å². The molecule has 0 radical (unpaired) electrons. The van der Waals surface area contributed by atoms with Crippen molar-refractivity contribution in [2.75, 3.05) is 17.3 Å². The second-order valence-corrected chi connectivity index (χ2v) is 5.39. The van der Waals surface area contributed by atoms with Crippen LogP contribution in [0.2, 0.25) is 0 Å². The highest BCUT2D eigenvalue weighted by atomic mass is 35.5. The number of nitrogens with zero attached hydrogens (tertiary/aromatic N) is 5. The van der Waals surface area contributed by atoms with Gasteiger partial charge in [0, 0.05) is 30.9 Å². The minimum absolute atomic E-state index is 0.582. The van der Waals surface area contributed by atoms with Crippen LogP contribution in [-0.4, -0.2) is 38.0 Å². The lowest BCUT2D eigenvalue weighted by molar-refractivity contribution is 0.384. The van der Waals surface area contributed by atoms with E-state index in [1.165, 1.54) is 19.3 Å². The average Bonchev–Trinajstić information content (AvgIpc) is 2.74. The van der Waals surface area contributed by atoms with Gasteiger partial charge in [-0.3, -0.25) is 4.40 Å². The summed E-state index contributed by atoms with van der Waals surface area (Å²) in [6, 6.07) is 0.582. The number of rotatable bonds is 5. The van der Waals surface area contributed by atoms with Crippen molar-refractivity contribution in [1.82, 2.24) is 19.6 Å². The van der Waals surface area contributed by atoms with Gasteiger partial charge >= 0.3 is 0 Å². The highest BCUT2D eigenvalue weighted by molar-refractivity contribution is 6.17. The van der Waals surface area contributed by atoms with Crippen LogP contribution in [0.1, 0.15) is 31.5 Å². The lowest BCUT2D eigenvalue weighted by Gasteiger charge is -2.38. The molecule has 1 fully saturated rings. The first kappa shape index (κ1) is 12.7. The molecule has 1 saturated carbocycles. The van der Waals surface area contributed by atoms with Crippen LogP contribution in [0.25, 0.3) is 5.65 Å². The Kier molecular flexibility index (Phi) is 3.55. The van der Waals surface area contributed by atoms with Gasteiger partial charge in [-0.2, -0.15) is 0 Å². The predicted molar refractivity (Wildman–Crippen MR) is 75.8 cm³/mol. The van der Waals surface area contributed by atoms with Gasteiger partial charge in [0.05, 0.1) is 0 Å². The summed E-state index contributed by atoms with van der Waals surface area (Å²) in [5, 5.41) is 8.41. The fraction of sp³-hybridized carbons (Fsp3) is 0.615. The highest BCUT2D eigenvalue weighted by Crippen LogP contribution is 2.30. The fourth-order valence-corrected chi connectivity index (χ4v) is 2.64. The topological polar surface area (TPSA) is 46.3 Å². The zero-order chi connectivity index (χ0) is 13.2. The van der Waals surface area contributed by atoms with Gasteiger partial charge in [-0.25, -0.2) is 4.98 Å². The Labute approximate surface area is 117 Å². The molecule has 0 amide bonds. The molecule has 0 aromatic carbocycles. The molecular formula is C13H18ClN5. The van der Waals surface area contributed by atoms with Crippen LogP contribution in [0.4, 0.5) is 5.82 Å². The average molecular weight is 280 g/mol. The van der Waals surface area contributed by atoms with Gasteiger partial charge in [-0.15, -0.1) is 21.8 Å². The number of halogens is 1. The number of aryl methyl sites for hydroxylation is 1. The van der Waals surface area contributed by atoms with Gasteiger partial charge < -0.3 is 4.90 Å². The third-order valence-corrected chi connectivity index (χ3v) is 4.07. The van der Waals surface area contributed by atoms with E-state index in [4.69, 9.17) is 11.6 Å². The SMILES string of the molecule is Cc1nnc2c(N(CCCCl)C3CCC3)nccn12. The summed E-state index contributed by atoms with van der Waals surface area (Å²) in [6.45, 7) is 2.89. The lowest BCUT2D eigenvalue weighted by atomic mass is 9.91. The van der Waals surface area contributed by atoms with Gasteiger partial charge in [0.2, 0.25) is 5.65 Å². The zero-order valence-electron chi connectivity index (χ0n) is 11.1. The van der Waals surface area contributed by atoms with Gasteiger partial charge in [0.25, 0.3) is 0 Å². The summed E-state index contributed by atoms with van der Waals surface area (Å²) in [5.74, 6) is 2.51. The first-order valence-electron chi connectivity index (χ1n) is 6.80. The summed E-state index contributed by atoms with van der Waals surface area (Å²) in [7, 11) is 0. The molecule has 0 unspecified atom stereocenters. The van der Waals surface area contributed by atoms with Crippen molar-refractivity contribution >= 4 is 23.1 Å². The molecule has 2 aromatic rings. The Balaban J connectivity index is 1.98.